The zero-order valence-corrected chi connectivity index (χ0v) is 15.0. The summed E-state index contributed by atoms with van der Waals surface area (Å²) in [6.07, 6.45) is 0. The van der Waals surface area contributed by atoms with E-state index in [0.29, 0.717) is 31.4 Å². The number of hydrogen-bond acceptors (Lipinski definition) is 4. The molecule has 0 amide bonds. The van der Waals surface area contributed by atoms with Crippen LogP contribution in [0.2, 0.25) is 0 Å². The molecular formula is C17H23FN4OS. The third-order valence-corrected chi connectivity index (χ3v) is 4.31. The van der Waals surface area contributed by atoms with Crippen LogP contribution in [0.3, 0.4) is 0 Å². The Morgan fingerprint density at radius 2 is 2.17 bits per heavy atom. The van der Waals surface area contributed by atoms with Gasteiger partial charge in [0, 0.05) is 17.5 Å². The molecule has 0 spiro atoms. The van der Waals surface area contributed by atoms with Crippen LogP contribution in [-0.2, 0) is 6.54 Å². The fraction of sp³-hybridized carbons (Fsp3) is 0.412. The SMILES string of the molecule is CCNC(=NCc1nc(C)c(C)s1)NCCOc1cccc(F)c1. The van der Waals surface area contributed by atoms with E-state index in [1.54, 1.807) is 23.5 Å². The number of nitrogens with one attached hydrogen (secondary N) is 2. The first kappa shape index (κ1) is 18.2. The molecule has 1 aromatic carbocycles. The van der Waals surface area contributed by atoms with Gasteiger partial charge in [-0.15, -0.1) is 11.3 Å². The molecule has 0 unspecified atom stereocenters. The number of hydrogen-bond donors (Lipinski definition) is 2. The van der Waals surface area contributed by atoms with E-state index in [1.807, 2.05) is 13.8 Å². The van der Waals surface area contributed by atoms with Crippen molar-refractivity contribution in [1.29, 1.82) is 0 Å². The van der Waals surface area contributed by atoms with Crippen LogP contribution >= 0.6 is 11.3 Å². The van der Waals surface area contributed by atoms with Crippen molar-refractivity contribution in [2.24, 2.45) is 4.99 Å². The van der Waals surface area contributed by atoms with Crippen molar-refractivity contribution in [2.45, 2.75) is 27.3 Å². The van der Waals surface area contributed by atoms with Gasteiger partial charge < -0.3 is 15.4 Å². The lowest BCUT2D eigenvalue weighted by Crippen LogP contribution is -2.39. The maximum absolute atomic E-state index is 13.1. The third kappa shape index (κ3) is 5.81. The van der Waals surface area contributed by atoms with E-state index in [1.165, 1.54) is 17.0 Å². The van der Waals surface area contributed by atoms with Crippen LogP contribution < -0.4 is 15.4 Å². The van der Waals surface area contributed by atoms with Crippen molar-refractivity contribution in [2.75, 3.05) is 19.7 Å². The molecule has 0 atom stereocenters. The highest BCUT2D eigenvalue weighted by Gasteiger charge is 2.04. The predicted molar refractivity (Wildman–Crippen MR) is 96.3 cm³/mol. The van der Waals surface area contributed by atoms with Crippen LogP contribution in [0.4, 0.5) is 4.39 Å². The number of thiazole rings is 1. The largest absolute Gasteiger partial charge is 0.492 e. The summed E-state index contributed by atoms with van der Waals surface area (Å²) in [5, 5.41) is 7.37. The standard InChI is InChI=1S/C17H23FN4OS/c1-4-19-17(21-11-16-22-12(2)13(3)24-16)20-8-9-23-15-7-5-6-14(18)10-15/h5-7,10H,4,8-9,11H2,1-3H3,(H2,19,20,21). The van der Waals surface area contributed by atoms with E-state index in [9.17, 15) is 4.39 Å². The van der Waals surface area contributed by atoms with Crippen LogP contribution in [-0.4, -0.2) is 30.6 Å². The van der Waals surface area contributed by atoms with Gasteiger partial charge in [0.05, 0.1) is 18.8 Å². The normalized spacial score (nSPS) is 11.4. The second-order valence-corrected chi connectivity index (χ2v) is 6.46. The molecule has 5 nitrogen and oxygen atoms in total. The van der Waals surface area contributed by atoms with Crippen LogP contribution in [0.15, 0.2) is 29.3 Å². The molecule has 0 saturated carbocycles. The van der Waals surface area contributed by atoms with Crippen LogP contribution in [0.5, 0.6) is 5.75 Å². The molecule has 0 radical (unpaired) electrons. The highest BCUT2D eigenvalue weighted by molar-refractivity contribution is 7.11. The summed E-state index contributed by atoms with van der Waals surface area (Å²) in [4.78, 5) is 10.2. The van der Waals surface area contributed by atoms with Crippen molar-refractivity contribution < 1.29 is 9.13 Å². The maximum atomic E-state index is 13.1. The lowest BCUT2D eigenvalue weighted by molar-refractivity contribution is 0.320. The summed E-state index contributed by atoms with van der Waals surface area (Å²) in [7, 11) is 0. The molecule has 130 valence electrons. The number of aryl methyl sites for hydroxylation is 2. The molecule has 0 saturated heterocycles. The van der Waals surface area contributed by atoms with Crippen LogP contribution in [0, 0.1) is 19.7 Å². The Hall–Kier alpha value is -2.15. The van der Waals surface area contributed by atoms with Gasteiger partial charge in [0.25, 0.3) is 0 Å². The Morgan fingerprint density at radius 1 is 1.33 bits per heavy atom. The molecule has 0 aliphatic carbocycles. The van der Waals surface area contributed by atoms with Crippen LogP contribution in [0.1, 0.15) is 22.5 Å². The number of rotatable bonds is 7. The summed E-state index contributed by atoms with van der Waals surface area (Å²) in [5.41, 5.74) is 1.06. The monoisotopic (exact) mass is 350 g/mol. The number of aromatic nitrogens is 1. The first-order valence-electron chi connectivity index (χ1n) is 7.92. The lowest BCUT2D eigenvalue weighted by Gasteiger charge is -2.11. The Balaban J connectivity index is 1.80. The second-order valence-electron chi connectivity index (χ2n) is 5.18. The van der Waals surface area contributed by atoms with Crippen molar-refractivity contribution in [1.82, 2.24) is 15.6 Å². The summed E-state index contributed by atoms with van der Waals surface area (Å²) in [6, 6.07) is 6.12. The number of nitrogens with zero attached hydrogens (tertiary/aromatic N) is 2. The Morgan fingerprint density at radius 3 is 2.83 bits per heavy atom. The minimum absolute atomic E-state index is 0.301. The van der Waals surface area contributed by atoms with Gasteiger partial charge in [0.15, 0.2) is 5.96 Å². The van der Waals surface area contributed by atoms with E-state index < -0.39 is 0 Å². The first-order chi connectivity index (χ1) is 11.6. The molecule has 1 aromatic heterocycles. The number of ether oxygens (including phenoxy) is 1. The molecule has 1 heterocycles. The Kier molecular flexibility index (Phi) is 6.99. The predicted octanol–water partition coefficient (Wildman–Crippen LogP) is 3.03. The van der Waals surface area contributed by atoms with E-state index in [0.717, 1.165) is 17.2 Å². The van der Waals surface area contributed by atoms with Gasteiger partial charge in [-0.1, -0.05) is 6.07 Å². The maximum Gasteiger partial charge on any atom is 0.191 e. The molecule has 0 aliphatic heterocycles. The van der Waals surface area contributed by atoms with E-state index >= 15 is 0 Å². The van der Waals surface area contributed by atoms with Gasteiger partial charge >= 0.3 is 0 Å². The average Bonchev–Trinajstić information content (AvgIpc) is 2.87. The summed E-state index contributed by atoms with van der Waals surface area (Å²) in [6.45, 7) is 8.38. The molecule has 7 heteroatoms. The lowest BCUT2D eigenvalue weighted by atomic mass is 10.3. The van der Waals surface area contributed by atoms with Crippen LogP contribution in [0.25, 0.3) is 0 Å². The zero-order chi connectivity index (χ0) is 17.4. The van der Waals surface area contributed by atoms with Gasteiger partial charge in [-0.25, -0.2) is 14.4 Å². The minimum Gasteiger partial charge on any atom is -0.492 e. The van der Waals surface area contributed by atoms with Gasteiger partial charge in [-0.3, -0.25) is 0 Å². The van der Waals surface area contributed by atoms with Crippen molar-refractivity contribution >= 4 is 17.3 Å². The highest BCUT2D eigenvalue weighted by Crippen LogP contribution is 2.16. The topological polar surface area (TPSA) is 58.5 Å². The summed E-state index contributed by atoms with van der Waals surface area (Å²) < 4.78 is 18.6. The fourth-order valence-electron chi connectivity index (χ4n) is 1.99. The quantitative estimate of drug-likeness (QED) is 0.458. The van der Waals surface area contributed by atoms with Crippen molar-refractivity contribution in [3.63, 3.8) is 0 Å². The number of aliphatic imine (C=N–C) groups is 1. The Labute approximate surface area is 146 Å². The number of halogens is 1. The molecule has 2 rings (SSSR count). The molecule has 0 aliphatic rings. The molecule has 24 heavy (non-hydrogen) atoms. The summed E-state index contributed by atoms with van der Waals surface area (Å²) in [5.74, 6) is 0.933. The summed E-state index contributed by atoms with van der Waals surface area (Å²) >= 11 is 1.67. The van der Waals surface area contributed by atoms with E-state index in [4.69, 9.17) is 4.74 Å². The first-order valence-corrected chi connectivity index (χ1v) is 8.73. The molecule has 2 N–H and O–H groups in total. The fourth-order valence-corrected chi connectivity index (χ4v) is 2.85. The highest BCUT2D eigenvalue weighted by atomic mass is 32.1. The van der Waals surface area contributed by atoms with E-state index in [-0.39, 0.29) is 5.82 Å². The number of guanidine groups is 1. The van der Waals surface area contributed by atoms with Crippen molar-refractivity contribution in [3.05, 3.63) is 45.7 Å². The average molecular weight is 350 g/mol. The second kappa shape index (κ2) is 9.22. The minimum atomic E-state index is -0.301. The smallest absolute Gasteiger partial charge is 0.191 e. The van der Waals surface area contributed by atoms with E-state index in [2.05, 4.69) is 27.5 Å². The molecular weight excluding hydrogens is 327 g/mol. The van der Waals surface area contributed by atoms with Gasteiger partial charge in [-0.05, 0) is 32.9 Å². The zero-order valence-electron chi connectivity index (χ0n) is 14.2. The molecule has 0 fully saturated rings. The third-order valence-electron chi connectivity index (χ3n) is 3.25. The van der Waals surface area contributed by atoms with Gasteiger partial charge in [0.2, 0.25) is 0 Å². The molecule has 0 bridgehead atoms. The van der Waals surface area contributed by atoms with Crippen molar-refractivity contribution in [3.8, 4) is 5.75 Å². The Bertz CT molecular complexity index is 667. The molecule has 2 aromatic rings. The number of benzene rings is 1. The van der Waals surface area contributed by atoms with Gasteiger partial charge in [-0.2, -0.15) is 0 Å². The van der Waals surface area contributed by atoms with Gasteiger partial charge in [0.1, 0.15) is 23.2 Å².